The average Bonchev–Trinajstić information content (AvgIpc) is 2.73. The first kappa shape index (κ1) is 23.4. The maximum Gasteiger partial charge on any atom is 0.191 e. The number of morpholine rings is 1. The molecule has 1 atom stereocenters. The van der Waals surface area contributed by atoms with Gasteiger partial charge in [-0.05, 0) is 52.6 Å². The van der Waals surface area contributed by atoms with Crippen molar-refractivity contribution in [2.45, 2.75) is 32.4 Å². The first-order valence-electron chi connectivity index (χ1n) is 10.5. The molecule has 7 nitrogen and oxygen atoms in total. The summed E-state index contributed by atoms with van der Waals surface area (Å²) >= 11 is 0. The molecule has 1 fully saturated rings. The van der Waals surface area contributed by atoms with Crippen LogP contribution in [-0.4, -0.2) is 88.4 Å². The predicted octanol–water partition coefficient (Wildman–Crippen LogP) is 1.96. The highest BCUT2D eigenvalue weighted by atomic mass is 16.5. The Bertz CT molecular complexity index is 625. The van der Waals surface area contributed by atoms with Crippen LogP contribution in [0.3, 0.4) is 0 Å². The van der Waals surface area contributed by atoms with Gasteiger partial charge in [0.15, 0.2) is 5.96 Å². The molecule has 1 aromatic rings. The third kappa shape index (κ3) is 7.17. The van der Waals surface area contributed by atoms with Crippen molar-refractivity contribution in [1.82, 2.24) is 20.4 Å². The number of aliphatic imine (C=N–C) groups is 1. The number of guanidine groups is 1. The Labute approximate surface area is 176 Å². The topological polar surface area (TPSA) is 61.4 Å². The second-order valence-electron chi connectivity index (χ2n) is 8.24. The minimum Gasteiger partial charge on any atom is -0.497 e. The maximum atomic E-state index is 5.49. The second kappa shape index (κ2) is 11.4. The van der Waals surface area contributed by atoms with E-state index in [1.165, 1.54) is 5.56 Å². The smallest absolute Gasteiger partial charge is 0.191 e. The van der Waals surface area contributed by atoms with Gasteiger partial charge in [-0.15, -0.1) is 0 Å². The maximum absolute atomic E-state index is 5.49. The van der Waals surface area contributed by atoms with E-state index in [0.717, 1.165) is 57.6 Å². The van der Waals surface area contributed by atoms with Gasteiger partial charge in [0.05, 0.1) is 32.9 Å². The van der Waals surface area contributed by atoms with Gasteiger partial charge in [0.1, 0.15) is 5.75 Å². The summed E-state index contributed by atoms with van der Waals surface area (Å²) in [5.74, 6) is 1.73. The van der Waals surface area contributed by atoms with E-state index < -0.39 is 0 Å². The fourth-order valence-corrected chi connectivity index (χ4v) is 3.50. The lowest BCUT2D eigenvalue weighted by atomic mass is 10.0. The van der Waals surface area contributed by atoms with Crippen LogP contribution in [0.1, 0.15) is 32.4 Å². The first-order chi connectivity index (χ1) is 13.9. The number of likely N-dealkylation sites (N-methyl/N-ethyl adjacent to an activating group) is 1. The summed E-state index contributed by atoms with van der Waals surface area (Å²) in [5, 5.41) is 6.91. The normalized spacial score (nSPS) is 17.3. The van der Waals surface area contributed by atoms with Gasteiger partial charge in [0.25, 0.3) is 0 Å². The number of benzene rings is 1. The highest BCUT2D eigenvalue weighted by Crippen LogP contribution is 2.21. The van der Waals surface area contributed by atoms with Crippen molar-refractivity contribution in [3.05, 3.63) is 29.8 Å². The molecule has 7 heteroatoms. The number of hydrogen-bond acceptors (Lipinski definition) is 5. The summed E-state index contributed by atoms with van der Waals surface area (Å²) in [6.45, 7) is 12.5. The van der Waals surface area contributed by atoms with E-state index in [0.29, 0.717) is 0 Å². The lowest BCUT2D eigenvalue weighted by Gasteiger charge is -2.40. The standard InChI is InChI=1S/C22H39N5O2/c1-7-23-21(25-17-22(2,3)27-12-14-29-15-13-27)24-16-20(26(4)5)18-8-10-19(28-6)11-9-18/h8-11,20H,7,12-17H2,1-6H3,(H2,23,24,25). The summed E-state index contributed by atoms with van der Waals surface area (Å²) in [6, 6.07) is 8.50. The molecular formula is C22H39N5O2. The van der Waals surface area contributed by atoms with Crippen molar-refractivity contribution in [2.24, 2.45) is 4.99 Å². The molecule has 1 heterocycles. The Morgan fingerprint density at radius 1 is 1.21 bits per heavy atom. The van der Waals surface area contributed by atoms with Gasteiger partial charge in [0.2, 0.25) is 0 Å². The van der Waals surface area contributed by atoms with E-state index in [1.807, 2.05) is 12.1 Å². The van der Waals surface area contributed by atoms with Crippen LogP contribution in [0.25, 0.3) is 0 Å². The molecule has 0 bridgehead atoms. The minimum atomic E-state index is 0.00304. The van der Waals surface area contributed by atoms with Crippen LogP contribution < -0.4 is 15.4 Å². The van der Waals surface area contributed by atoms with Crippen molar-refractivity contribution in [1.29, 1.82) is 0 Å². The molecule has 0 aromatic heterocycles. The Morgan fingerprint density at radius 2 is 1.86 bits per heavy atom. The van der Waals surface area contributed by atoms with Crippen molar-refractivity contribution >= 4 is 5.96 Å². The fourth-order valence-electron chi connectivity index (χ4n) is 3.50. The molecule has 2 N–H and O–H groups in total. The van der Waals surface area contributed by atoms with Crippen molar-refractivity contribution < 1.29 is 9.47 Å². The molecule has 0 saturated carbocycles. The number of nitrogens with one attached hydrogen (secondary N) is 2. The lowest BCUT2D eigenvalue weighted by Crippen LogP contribution is -2.52. The highest BCUT2D eigenvalue weighted by molar-refractivity contribution is 5.79. The molecule has 1 saturated heterocycles. The van der Waals surface area contributed by atoms with Crippen molar-refractivity contribution in [3.8, 4) is 5.75 Å². The molecule has 164 valence electrons. The van der Waals surface area contributed by atoms with E-state index in [2.05, 4.69) is 67.4 Å². The zero-order valence-electron chi connectivity index (χ0n) is 19.0. The molecule has 1 aliphatic heterocycles. The molecule has 0 amide bonds. The molecule has 1 aliphatic rings. The Balaban J connectivity index is 2.02. The van der Waals surface area contributed by atoms with Gasteiger partial charge in [-0.3, -0.25) is 9.89 Å². The molecule has 29 heavy (non-hydrogen) atoms. The second-order valence-corrected chi connectivity index (χ2v) is 8.24. The van der Waals surface area contributed by atoms with Gasteiger partial charge in [-0.2, -0.15) is 0 Å². The van der Waals surface area contributed by atoms with Crippen molar-refractivity contribution in [3.63, 3.8) is 0 Å². The molecule has 1 aromatic carbocycles. The summed E-state index contributed by atoms with van der Waals surface area (Å²) in [7, 11) is 5.89. The van der Waals surface area contributed by atoms with E-state index in [4.69, 9.17) is 14.5 Å². The summed E-state index contributed by atoms with van der Waals surface area (Å²) < 4.78 is 10.8. The predicted molar refractivity (Wildman–Crippen MR) is 120 cm³/mol. The monoisotopic (exact) mass is 405 g/mol. The molecule has 0 aliphatic carbocycles. The Hall–Kier alpha value is -1.83. The summed E-state index contributed by atoms with van der Waals surface area (Å²) in [6.07, 6.45) is 0. The van der Waals surface area contributed by atoms with Crippen LogP contribution in [0.4, 0.5) is 0 Å². The number of hydrogen-bond donors (Lipinski definition) is 2. The van der Waals surface area contributed by atoms with Gasteiger partial charge < -0.3 is 25.0 Å². The number of ether oxygens (including phenoxy) is 2. The number of methoxy groups -OCH3 is 1. The van der Waals surface area contributed by atoms with Gasteiger partial charge >= 0.3 is 0 Å². The quantitative estimate of drug-likeness (QED) is 0.484. The minimum absolute atomic E-state index is 0.00304. The molecule has 0 radical (unpaired) electrons. The van der Waals surface area contributed by atoms with E-state index >= 15 is 0 Å². The fraction of sp³-hybridized carbons (Fsp3) is 0.682. The van der Waals surface area contributed by atoms with E-state index in [9.17, 15) is 0 Å². The van der Waals surface area contributed by atoms with Crippen molar-refractivity contribution in [2.75, 3.05) is 67.1 Å². The Morgan fingerprint density at radius 3 is 2.41 bits per heavy atom. The van der Waals surface area contributed by atoms with Crippen LogP contribution in [-0.2, 0) is 4.74 Å². The molecule has 0 spiro atoms. The molecule has 2 rings (SSSR count). The number of rotatable bonds is 9. The van der Waals surface area contributed by atoms with Crippen LogP contribution in [0.15, 0.2) is 29.3 Å². The van der Waals surface area contributed by atoms with Gasteiger partial charge in [-0.25, -0.2) is 0 Å². The lowest BCUT2D eigenvalue weighted by molar-refractivity contribution is -0.00684. The first-order valence-corrected chi connectivity index (χ1v) is 10.5. The SMILES string of the molecule is CCNC(=NCC(C)(C)N1CCOCC1)NCC(c1ccc(OC)cc1)N(C)C. The highest BCUT2D eigenvalue weighted by Gasteiger charge is 2.28. The Kier molecular flexibility index (Phi) is 9.20. The van der Waals surface area contributed by atoms with Crippen LogP contribution in [0.2, 0.25) is 0 Å². The molecular weight excluding hydrogens is 366 g/mol. The van der Waals surface area contributed by atoms with Gasteiger partial charge in [0, 0.05) is 31.7 Å². The van der Waals surface area contributed by atoms with E-state index in [-0.39, 0.29) is 11.6 Å². The summed E-state index contributed by atoms with van der Waals surface area (Å²) in [4.78, 5) is 9.57. The number of nitrogens with zero attached hydrogens (tertiary/aromatic N) is 3. The van der Waals surface area contributed by atoms with Crippen LogP contribution >= 0.6 is 0 Å². The molecule has 1 unspecified atom stereocenters. The zero-order valence-corrected chi connectivity index (χ0v) is 19.0. The third-order valence-corrected chi connectivity index (χ3v) is 5.42. The summed E-state index contributed by atoms with van der Waals surface area (Å²) in [5.41, 5.74) is 1.25. The average molecular weight is 406 g/mol. The largest absolute Gasteiger partial charge is 0.497 e. The zero-order chi connectivity index (χ0) is 21.3. The van der Waals surface area contributed by atoms with Crippen LogP contribution in [0.5, 0.6) is 5.75 Å². The van der Waals surface area contributed by atoms with Gasteiger partial charge in [-0.1, -0.05) is 12.1 Å². The van der Waals surface area contributed by atoms with Crippen LogP contribution in [0, 0.1) is 0 Å². The van der Waals surface area contributed by atoms with E-state index in [1.54, 1.807) is 7.11 Å². The third-order valence-electron chi connectivity index (χ3n) is 5.42.